The number of carbonyl (C=O) groups excluding carboxylic acids is 2. The van der Waals surface area contributed by atoms with Crippen LogP contribution in [0.4, 0.5) is 0 Å². The number of hydrogen-bond donors (Lipinski definition) is 2. The van der Waals surface area contributed by atoms with Crippen molar-refractivity contribution in [3.05, 3.63) is 12.7 Å². The van der Waals surface area contributed by atoms with Crippen LogP contribution in [0, 0.1) is 39.4 Å². The van der Waals surface area contributed by atoms with Crippen LogP contribution in [0.25, 0.3) is 0 Å². The van der Waals surface area contributed by atoms with E-state index in [1.165, 1.54) is 0 Å². The molecule has 5 aliphatic carbocycles. The van der Waals surface area contributed by atoms with Gasteiger partial charge in [-0.2, -0.15) is 0 Å². The van der Waals surface area contributed by atoms with Crippen LogP contribution in [0.3, 0.4) is 0 Å². The van der Waals surface area contributed by atoms with E-state index in [0.29, 0.717) is 12.8 Å². The molecule has 5 saturated carbocycles. The van der Waals surface area contributed by atoms with E-state index in [4.69, 9.17) is 4.74 Å². The first-order valence-corrected chi connectivity index (χ1v) is 10.7. The molecule has 0 amide bonds. The average molecular weight is 391 g/mol. The lowest BCUT2D eigenvalue weighted by atomic mass is 9.33. The highest BCUT2D eigenvalue weighted by Crippen LogP contribution is 2.78. The smallest absolute Gasteiger partial charge is 0.332 e. The van der Waals surface area contributed by atoms with Crippen LogP contribution in [0.2, 0.25) is 0 Å². The van der Waals surface area contributed by atoms with Crippen molar-refractivity contribution < 1.29 is 24.5 Å². The highest BCUT2D eigenvalue weighted by Gasteiger charge is 2.79. The summed E-state index contributed by atoms with van der Waals surface area (Å²) < 4.78 is 5.86. The predicted molar refractivity (Wildman–Crippen MR) is 104 cm³/mol. The number of aliphatic hydroxyl groups is 2. The van der Waals surface area contributed by atoms with E-state index < -0.39 is 35.6 Å². The standard InChI is InChI=1S/C23H34O5/c1-6-20(3)12-21(4)15-8-10-23(13(2)18(20)27)9-7-14(25)17(23)22(15,5)19(21)28-16(26)11-24/h6,13,15,17-19,24,27H,1,7-12H2,2-5H3/t13-,15?,17?,18?,19+,20+,21?,22?,23?/m0/s1. The summed E-state index contributed by atoms with van der Waals surface area (Å²) in [6.07, 6.45) is 4.70. The van der Waals surface area contributed by atoms with Crippen LogP contribution in [0.1, 0.15) is 59.8 Å². The molecule has 0 radical (unpaired) electrons. The minimum atomic E-state index is -0.658. The average Bonchev–Trinajstić information content (AvgIpc) is 3.03. The minimum absolute atomic E-state index is 0.0399. The summed E-state index contributed by atoms with van der Waals surface area (Å²) in [5.41, 5.74) is -1.59. The van der Waals surface area contributed by atoms with Gasteiger partial charge in [0, 0.05) is 28.6 Å². The molecule has 0 aromatic carbocycles. The second-order valence-corrected chi connectivity index (χ2v) is 10.7. The summed E-state index contributed by atoms with van der Waals surface area (Å²) in [5.74, 6) is -0.387. The fourth-order valence-electron chi connectivity index (χ4n) is 8.67. The van der Waals surface area contributed by atoms with Crippen molar-refractivity contribution in [2.45, 2.75) is 72.0 Å². The molecule has 2 N–H and O–H groups in total. The highest BCUT2D eigenvalue weighted by atomic mass is 16.6. The van der Waals surface area contributed by atoms with Crippen molar-refractivity contribution in [3.63, 3.8) is 0 Å². The summed E-state index contributed by atoms with van der Waals surface area (Å²) in [5, 5.41) is 20.8. The number of ether oxygens (including phenoxy) is 1. The Morgan fingerprint density at radius 3 is 2.61 bits per heavy atom. The molecular weight excluding hydrogens is 356 g/mol. The molecule has 0 aliphatic heterocycles. The number of aliphatic hydroxyl groups excluding tert-OH is 2. The van der Waals surface area contributed by atoms with E-state index in [9.17, 15) is 19.8 Å². The Morgan fingerprint density at radius 2 is 2.00 bits per heavy atom. The van der Waals surface area contributed by atoms with Gasteiger partial charge >= 0.3 is 5.97 Å². The molecule has 0 saturated heterocycles. The third-order valence-electron chi connectivity index (χ3n) is 9.63. The first-order chi connectivity index (χ1) is 13.0. The van der Waals surface area contributed by atoms with Gasteiger partial charge in [-0.15, -0.1) is 6.58 Å². The van der Waals surface area contributed by atoms with Gasteiger partial charge in [-0.25, -0.2) is 4.79 Å². The zero-order chi connectivity index (χ0) is 20.7. The Hall–Kier alpha value is -1.20. The van der Waals surface area contributed by atoms with Crippen LogP contribution < -0.4 is 0 Å². The van der Waals surface area contributed by atoms with E-state index >= 15 is 0 Å². The molecule has 5 nitrogen and oxygen atoms in total. The molecule has 1 spiro atoms. The molecule has 0 aromatic rings. The van der Waals surface area contributed by atoms with E-state index in [1.807, 2.05) is 13.0 Å². The topological polar surface area (TPSA) is 83.8 Å². The summed E-state index contributed by atoms with van der Waals surface area (Å²) in [7, 11) is 0. The van der Waals surface area contributed by atoms with E-state index in [1.54, 1.807) is 0 Å². The van der Waals surface area contributed by atoms with Gasteiger partial charge in [-0.1, -0.05) is 33.8 Å². The van der Waals surface area contributed by atoms with Gasteiger partial charge in [0.05, 0.1) is 6.10 Å². The molecule has 0 heterocycles. The number of fused-ring (bicyclic) bond motifs is 4. The Kier molecular flexibility index (Phi) is 4.24. The molecule has 5 rings (SSSR count). The lowest BCUT2D eigenvalue weighted by molar-refractivity contribution is -0.294. The molecule has 156 valence electrons. The van der Waals surface area contributed by atoms with Crippen molar-refractivity contribution in [3.8, 4) is 0 Å². The molecule has 5 heteroatoms. The lowest BCUT2D eigenvalue weighted by Gasteiger charge is -2.72. The maximum atomic E-state index is 13.2. The van der Waals surface area contributed by atoms with Gasteiger partial charge in [-0.3, -0.25) is 4.79 Å². The van der Waals surface area contributed by atoms with Gasteiger partial charge in [0.1, 0.15) is 18.5 Å². The third kappa shape index (κ3) is 2.10. The van der Waals surface area contributed by atoms with Gasteiger partial charge in [-0.05, 0) is 42.9 Å². The maximum Gasteiger partial charge on any atom is 0.332 e. The van der Waals surface area contributed by atoms with E-state index in [2.05, 4.69) is 27.4 Å². The quantitative estimate of drug-likeness (QED) is 0.572. The minimum Gasteiger partial charge on any atom is -0.459 e. The van der Waals surface area contributed by atoms with Crippen LogP contribution in [-0.4, -0.2) is 40.8 Å². The molecule has 4 bridgehead atoms. The summed E-state index contributed by atoms with van der Waals surface area (Å²) >= 11 is 0. The van der Waals surface area contributed by atoms with Crippen LogP contribution >= 0.6 is 0 Å². The fraction of sp³-hybridized carbons (Fsp3) is 0.826. The first-order valence-electron chi connectivity index (χ1n) is 10.7. The normalized spacial score (nSPS) is 54.8. The van der Waals surface area contributed by atoms with Crippen molar-refractivity contribution in [1.29, 1.82) is 0 Å². The summed E-state index contributed by atoms with van der Waals surface area (Å²) in [6, 6.07) is 0. The first kappa shape index (κ1) is 20.1. The maximum absolute atomic E-state index is 13.2. The van der Waals surface area contributed by atoms with Gasteiger partial charge < -0.3 is 14.9 Å². The van der Waals surface area contributed by atoms with Crippen molar-refractivity contribution in [1.82, 2.24) is 0 Å². The second-order valence-electron chi connectivity index (χ2n) is 10.7. The number of carbonyl (C=O) groups is 2. The summed E-state index contributed by atoms with van der Waals surface area (Å²) in [6.45, 7) is 11.8. The zero-order valence-corrected chi connectivity index (χ0v) is 17.5. The van der Waals surface area contributed by atoms with E-state index in [0.717, 1.165) is 19.3 Å². The molecule has 5 fully saturated rings. The third-order valence-corrected chi connectivity index (χ3v) is 9.63. The molecule has 9 atom stereocenters. The molecule has 6 unspecified atom stereocenters. The van der Waals surface area contributed by atoms with Crippen LogP contribution in [-0.2, 0) is 14.3 Å². The molecule has 5 aliphatic rings. The van der Waals surface area contributed by atoms with Crippen molar-refractivity contribution in [2.24, 2.45) is 39.4 Å². The molecule has 0 aromatic heterocycles. The SMILES string of the molecule is C=C[C@]1(C)CC2(C)C3CCC4(CCC(=O)C4C3(C)[C@@H]2OC(=O)CO)[C@@H](C)C1O. The van der Waals surface area contributed by atoms with Crippen LogP contribution in [0.15, 0.2) is 12.7 Å². The summed E-state index contributed by atoms with van der Waals surface area (Å²) in [4.78, 5) is 25.3. The Balaban J connectivity index is 1.93. The number of rotatable bonds is 3. The van der Waals surface area contributed by atoms with Crippen molar-refractivity contribution >= 4 is 11.8 Å². The highest BCUT2D eigenvalue weighted by molar-refractivity contribution is 5.86. The number of hydrogen-bond acceptors (Lipinski definition) is 5. The second kappa shape index (κ2) is 5.91. The Labute approximate surface area is 167 Å². The number of esters is 1. The van der Waals surface area contributed by atoms with Crippen LogP contribution in [0.5, 0.6) is 0 Å². The van der Waals surface area contributed by atoms with E-state index in [-0.39, 0.29) is 34.4 Å². The van der Waals surface area contributed by atoms with Gasteiger partial charge in [0.15, 0.2) is 0 Å². The number of ketones is 1. The fourth-order valence-corrected chi connectivity index (χ4v) is 8.67. The Bertz CT molecular complexity index is 733. The predicted octanol–water partition coefficient (Wildman–Crippen LogP) is 2.89. The number of Topliss-reactive ketones (excluding diaryl/α,β-unsaturated/α-hetero) is 1. The molecule has 28 heavy (non-hydrogen) atoms. The lowest BCUT2D eigenvalue weighted by Crippen LogP contribution is -2.74. The largest absolute Gasteiger partial charge is 0.459 e. The molecular formula is C23H34O5. The zero-order valence-electron chi connectivity index (χ0n) is 17.5. The van der Waals surface area contributed by atoms with Crippen molar-refractivity contribution in [2.75, 3.05) is 6.61 Å². The van der Waals surface area contributed by atoms with Gasteiger partial charge in [0.25, 0.3) is 0 Å². The monoisotopic (exact) mass is 390 g/mol. The van der Waals surface area contributed by atoms with Gasteiger partial charge in [0.2, 0.25) is 0 Å². The Morgan fingerprint density at radius 1 is 1.32 bits per heavy atom.